The van der Waals surface area contributed by atoms with Crippen LogP contribution in [0.15, 0.2) is 30.3 Å². The number of carbonyl (C=O) groups excluding carboxylic acids is 1. The van der Waals surface area contributed by atoms with Gasteiger partial charge in [-0.3, -0.25) is 0 Å². The molecule has 1 saturated heterocycles. The average molecular weight is 275 g/mol. The number of benzene rings is 1. The molecule has 0 aromatic heterocycles. The summed E-state index contributed by atoms with van der Waals surface area (Å²) in [5.74, 6) is 0.677. The van der Waals surface area contributed by atoms with Crippen LogP contribution in [0.4, 0.5) is 4.79 Å². The van der Waals surface area contributed by atoms with E-state index in [4.69, 9.17) is 4.74 Å². The minimum absolute atomic E-state index is 0.171. The second-order valence-electron chi connectivity index (χ2n) is 6.60. The summed E-state index contributed by atoms with van der Waals surface area (Å²) in [6, 6.07) is 10.6. The quantitative estimate of drug-likeness (QED) is 0.820. The van der Waals surface area contributed by atoms with Crippen molar-refractivity contribution in [1.82, 2.24) is 4.90 Å². The lowest BCUT2D eigenvalue weighted by atomic mass is 9.90. The Hall–Kier alpha value is -1.51. The predicted molar refractivity (Wildman–Crippen MR) is 80.7 cm³/mol. The molecule has 0 radical (unpaired) electrons. The van der Waals surface area contributed by atoms with Crippen LogP contribution >= 0.6 is 0 Å². The van der Waals surface area contributed by atoms with Crippen LogP contribution in [0.3, 0.4) is 0 Å². The van der Waals surface area contributed by atoms with Crippen molar-refractivity contribution in [2.24, 2.45) is 5.92 Å². The maximum atomic E-state index is 12.0. The first-order valence-corrected chi connectivity index (χ1v) is 7.46. The van der Waals surface area contributed by atoms with Gasteiger partial charge in [0.2, 0.25) is 0 Å². The van der Waals surface area contributed by atoms with E-state index in [0.717, 1.165) is 32.4 Å². The molecule has 20 heavy (non-hydrogen) atoms. The molecular weight excluding hydrogens is 250 g/mol. The molecule has 1 aliphatic rings. The molecule has 0 unspecified atom stereocenters. The molecule has 1 aromatic rings. The third-order valence-electron chi connectivity index (χ3n) is 3.63. The maximum Gasteiger partial charge on any atom is 0.410 e. The van der Waals surface area contributed by atoms with E-state index in [-0.39, 0.29) is 6.09 Å². The summed E-state index contributed by atoms with van der Waals surface area (Å²) in [7, 11) is 0. The molecule has 1 heterocycles. The predicted octanol–water partition coefficient (Wildman–Crippen LogP) is 3.88. The van der Waals surface area contributed by atoms with Gasteiger partial charge in [-0.2, -0.15) is 0 Å². The van der Waals surface area contributed by atoms with E-state index in [9.17, 15) is 4.79 Å². The normalized spacial score (nSPS) is 17.1. The first kappa shape index (κ1) is 14.9. The highest BCUT2D eigenvalue weighted by atomic mass is 16.6. The second-order valence-corrected chi connectivity index (χ2v) is 6.60. The molecule has 1 aromatic carbocycles. The molecule has 110 valence electrons. The van der Waals surface area contributed by atoms with Crippen LogP contribution < -0.4 is 0 Å². The monoisotopic (exact) mass is 275 g/mol. The number of rotatable bonds is 2. The van der Waals surface area contributed by atoms with Crippen LogP contribution in [0.2, 0.25) is 0 Å². The van der Waals surface area contributed by atoms with Crippen molar-refractivity contribution in [2.45, 2.75) is 45.6 Å². The van der Waals surface area contributed by atoms with Gasteiger partial charge in [0.25, 0.3) is 0 Å². The first-order valence-electron chi connectivity index (χ1n) is 7.46. The van der Waals surface area contributed by atoms with Gasteiger partial charge in [0.15, 0.2) is 0 Å². The third-order valence-corrected chi connectivity index (χ3v) is 3.63. The summed E-state index contributed by atoms with van der Waals surface area (Å²) in [4.78, 5) is 13.8. The van der Waals surface area contributed by atoms with E-state index < -0.39 is 5.60 Å². The van der Waals surface area contributed by atoms with Gasteiger partial charge in [-0.15, -0.1) is 0 Å². The number of piperidine rings is 1. The Morgan fingerprint density at radius 2 is 1.80 bits per heavy atom. The fourth-order valence-corrected chi connectivity index (χ4v) is 2.59. The SMILES string of the molecule is CC(C)(C)OC(=O)N1CCC(Cc2ccccc2)CC1. The van der Waals surface area contributed by atoms with Crippen LogP contribution in [0.25, 0.3) is 0 Å². The van der Waals surface area contributed by atoms with Gasteiger partial charge in [-0.1, -0.05) is 30.3 Å². The third kappa shape index (κ3) is 4.55. The van der Waals surface area contributed by atoms with Crippen LogP contribution in [0.1, 0.15) is 39.2 Å². The molecule has 3 heteroatoms. The van der Waals surface area contributed by atoms with E-state index in [1.807, 2.05) is 25.7 Å². The molecule has 2 rings (SSSR count). The van der Waals surface area contributed by atoms with Crippen molar-refractivity contribution in [3.63, 3.8) is 0 Å². The molecule has 0 bridgehead atoms. The van der Waals surface area contributed by atoms with Crippen molar-refractivity contribution in [2.75, 3.05) is 13.1 Å². The van der Waals surface area contributed by atoms with E-state index in [1.54, 1.807) is 0 Å². The van der Waals surface area contributed by atoms with Gasteiger partial charge in [-0.05, 0) is 51.5 Å². The molecule has 0 atom stereocenters. The van der Waals surface area contributed by atoms with Gasteiger partial charge >= 0.3 is 6.09 Å². The van der Waals surface area contributed by atoms with E-state index in [1.165, 1.54) is 5.56 Å². The Balaban J connectivity index is 1.79. The number of carbonyl (C=O) groups is 1. The van der Waals surface area contributed by atoms with Crippen molar-refractivity contribution < 1.29 is 9.53 Å². The van der Waals surface area contributed by atoms with Gasteiger partial charge in [-0.25, -0.2) is 4.79 Å². The lowest BCUT2D eigenvalue weighted by Crippen LogP contribution is -2.42. The molecule has 0 saturated carbocycles. The van der Waals surface area contributed by atoms with Gasteiger partial charge in [0, 0.05) is 13.1 Å². The zero-order valence-corrected chi connectivity index (χ0v) is 12.8. The highest BCUT2D eigenvalue weighted by Crippen LogP contribution is 2.23. The lowest BCUT2D eigenvalue weighted by Gasteiger charge is -2.33. The van der Waals surface area contributed by atoms with Crippen LogP contribution in [-0.2, 0) is 11.2 Å². The molecule has 0 aliphatic carbocycles. The van der Waals surface area contributed by atoms with Crippen LogP contribution in [0, 0.1) is 5.92 Å². The Bertz CT molecular complexity index is 428. The fourth-order valence-electron chi connectivity index (χ4n) is 2.59. The molecule has 3 nitrogen and oxygen atoms in total. The van der Waals surface area contributed by atoms with Crippen LogP contribution in [-0.4, -0.2) is 29.7 Å². The maximum absolute atomic E-state index is 12.0. The van der Waals surface area contributed by atoms with Gasteiger partial charge in [0.05, 0.1) is 0 Å². The average Bonchev–Trinajstić information content (AvgIpc) is 2.39. The minimum atomic E-state index is -0.405. The lowest BCUT2D eigenvalue weighted by molar-refractivity contribution is 0.0184. The van der Waals surface area contributed by atoms with E-state index in [2.05, 4.69) is 30.3 Å². The van der Waals surface area contributed by atoms with Crippen molar-refractivity contribution >= 4 is 6.09 Å². The highest BCUT2D eigenvalue weighted by Gasteiger charge is 2.26. The molecule has 1 amide bonds. The zero-order valence-electron chi connectivity index (χ0n) is 12.8. The summed E-state index contributed by atoms with van der Waals surface area (Å²) in [6.07, 6.45) is 3.07. The van der Waals surface area contributed by atoms with E-state index in [0.29, 0.717) is 5.92 Å². The Kier molecular flexibility index (Phi) is 4.69. The van der Waals surface area contributed by atoms with Crippen molar-refractivity contribution in [1.29, 1.82) is 0 Å². The van der Waals surface area contributed by atoms with Gasteiger partial charge in [0.1, 0.15) is 5.60 Å². The number of amides is 1. The highest BCUT2D eigenvalue weighted by molar-refractivity contribution is 5.68. The zero-order chi connectivity index (χ0) is 14.6. The Morgan fingerprint density at radius 3 is 2.35 bits per heavy atom. The second kappa shape index (κ2) is 6.29. The largest absolute Gasteiger partial charge is 0.444 e. The van der Waals surface area contributed by atoms with Crippen molar-refractivity contribution in [3.05, 3.63) is 35.9 Å². The topological polar surface area (TPSA) is 29.5 Å². The summed E-state index contributed by atoms with van der Waals surface area (Å²) in [5, 5.41) is 0. The summed E-state index contributed by atoms with van der Waals surface area (Å²) in [5.41, 5.74) is 0.987. The molecular formula is C17H25NO2. The summed E-state index contributed by atoms with van der Waals surface area (Å²) >= 11 is 0. The van der Waals surface area contributed by atoms with Gasteiger partial charge < -0.3 is 9.64 Å². The Morgan fingerprint density at radius 1 is 1.20 bits per heavy atom. The number of hydrogen-bond acceptors (Lipinski definition) is 2. The Labute approximate surface area is 121 Å². The molecule has 1 fully saturated rings. The number of nitrogens with zero attached hydrogens (tertiary/aromatic N) is 1. The fraction of sp³-hybridized carbons (Fsp3) is 0.588. The molecule has 0 N–H and O–H groups in total. The molecule has 0 spiro atoms. The summed E-state index contributed by atoms with van der Waals surface area (Å²) < 4.78 is 5.42. The number of hydrogen-bond donors (Lipinski definition) is 0. The summed E-state index contributed by atoms with van der Waals surface area (Å²) in [6.45, 7) is 7.35. The van der Waals surface area contributed by atoms with Crippen LogP contribution in [0.5, 0.6) is 0 Å². The minimum Gasteiger partial charge on any atom is -0.444 e. The van der Waals surface area contributed by atoms with Crippen molar-refractivity contribution in [3.8, 4) is 0 Å². The number of ether oxygens (including phenoxy) is 1. The van der Waals surface area contributed by atoms with E-state index >= 15 is 0 Å². The standard InChI is InChI=1S/C17H25NO2/c1-17(2,3)20-16(19)18-11-9-15(10-12-18)13-14-7-5-4-6-8-14/h4-8,15H,9-13H2,1-3H3. The first-order chi connectivity index (χ1) is 9.44. The number of likely N-dealkylation sites (tertiary alicyclic amines) is 1. The molecule has 1 aliphatic heterocycles. The smallest absolute Gasteiger partial charge is 0.410 e.